The Morgan fingerprint density at radius 1 is 1.28 bits per heavy atom. The highest BCUT2D eigenvalue weighted by Crippen LogP contribution is 2.21. The Morgan fingerprint density at radius 3 is 2.56 bits per heavy atom. The normalized spacial score (nSPS) is 10.7. The molecule has 1 heterocycles. The largest absolute Gasteiger partial charge is 0.334 e. The van der Waals surface area contributed by atoms with E-state index >= 15 is 0 Å². The average Bonchev–Trinajstić information content (AvgIpc) is 2.29. The molecule has 0 unspecified atom stereocenters. The molecule has 1 N–H and O–H groups in total. The van der Waals surface area contributed by atoms with Gasteiger partial charge in [-0.05, 0) is 47.7 Å². The van der Waals surface area contributed by atoms with Crippen LogP contribution >= 0.6 is 45.8 Å². The van der Waals surface area contributed by atoms with Gasteiger partial charge in [-0.1, -0.05) is 23.2 Å². The highest BCUT2D eigenvalue weighted by molar-refractivity contribution is 14.1. The molecule has 2 rings (SSSR count). The van der Waals surface area contributed by atoms with Crippen LogP contribution in [0.1, 0.15) is 5.56 Å². The van der Waals surface area contributed by atoms with Crippen LogP contribution in [0.25, 0.3) is 5.69 Å². The summed E-state index contributed by atoms with van der Waals surface area (Å²) in [6.07, 6.45) is 0. The van der Waals surface area contributed by atoms with Crippen LogP contribution in [-0.4, -0.2) is 9.55 Å². The molecule has 0 aliphatic heterocycles. The first-order valence-corrected chi connectivity index (χ1v) is 6.72. The van der Waals surface area contributed by atoms with Crippen molar-refractivity contribution in [2.45, 2.75) is 6.92 Å². The van der Waals surface area contributed by atoms with Crippen molar-refractivity contribution in [3.63, 3.8) is 0 Å². The Kier molecular flexibility index (Phi) is 3.84. The van der Waals surface area contributed by atoms with Gasteiger partial charge in [-0.3, -0.25) is 9.78 Å². The molecule has 18 heavy (non-hydrogen) atoms. The highest BCUT2D eigenvalue weighted by Gasteiger charge is 2.13. The molecule has 0 radical (unpaired) electrons. The third-order valence-electron chi connectivity index (χ3n) is 2.42. The molecule has 94 valence electrons. The van der Waals surface area contributed by atoms with Crippen LogP contribution in [0.3, 0.4) is 0 Å². The molecule has 0 saturated carbocycles. The lowest BCUT2D eigenvalue weighted by atomic mass is 10.3. The number of hydrogen-bond acceptors (Lipinski definition) is 2. The summed E-state index contributed by atoms with van der Waals surface area (Å²) in [6.45, 7) is 1.54. The molecule has 2 aromatic rings. The number of aromatic amines is 1. The topological polar surface area (TPSA) is 54.9 Å². The first-order valence-electron chi connectivity index (χ1n) is 4.88. The summed E-state index contributed by atoms with van der Waals surface area (Å²) in [6, 6.07) is 5.05. The highest BCUT2D eigenvalue weighted by atomic mass is 127. The van der Waals surface area contributed by atoms with E-state index in [0.29, 0.717) is 10.7 Å². The van der Waals surface area contributed by atoms with Gasteiger partial charge < -0.3 is 0 Å². The molecular weight excluding hydrogens is 390 g/mol. The lowest BCUT2D eigenvalue weighted by Gasteiger charge is -2.08. The van der Waals surface area contributed by atoms with Gasteiger partial charge in [0.25, 0.3) is 5.56 Å². The summed E-state index contributed by atoms with van der Waals surface area (Å²) in [5, 5.41) is 0.374. The van der Waals surface area contributed by atoms with Crippen molar-refractivity contribution in [2.75, 3.05) is 0 Å². The van der Waals surface area contributed by atoms with Crippen molar-refractivity contribution in [2.24, 2.45) is 0 Å². The van der Waals surface area contributed by atoms with E-state index in [1.54, 1.807) is 18.2 Å². The SMILES string of the molecule is Cc1c(Cl)[nH]c(=O)n(-c2ccc(I)cc2Cl)c1=O. The number of hydrogen-bond donors (Lipinski definition) is 1. The predicted octanol–water partition coefficient (Wildman–Crippen LogP) is 2.75. The molecule has 0 fully saturated rings. The molecule has 0 aliphatic carbocycles. The Balaban J connectivity index is 2.84. The third-order valence-corrected chi connectivity index (χ3v) is 3.78. The number of benzene rings is 1. The molecule has 0 spiro atoms. The minimum absolute atomic E-state index is 0.0443. The molecule has 0 amide bonds. The van der Waals surface area contributed by atoms with Crippen LogP contribution in [0.2, 0.25) is 10.2 Å². The van der Waals surface area contributed by atoms with Crippen molar-refractivity contribution in [3.8, 4) is 5.69 Å². The maximum atomic E-state index is 12.0. The van der Waals surface area contributed by atoms with Gasteiger partial charge in [0, 0.05) is 3.57 Å². The van der Waals surface area contributed by atoms with Crippen molar-refractivity contribution in [1.82, 2.24) is 9.55 Å². The van der Waals surface area contributed by atoms with Gasteiger partial charge in [0.2, 0.25) is 0 Å². The summed E-state index contributed by atoms with van der Waals surface area (Å²) in [4.78, 5) is 26.3. The number of nitrogens with one attached hydrogen (secondary N) is 1. The lowest BCUT2D eigenvalue weighted by Crippen LogP contribution is -2.35. The van der Waals surface area contributed by atoms with Gasteiger partial charge in [0.05, 0.1) is 16.3 Å². The van der Waals surface area contributed by atoms with E-state index in [0.717, 1.165) is 8.14 Å². The first kappa shape index (κ1) is 13.6. The second kappa shape index (κ2) is 5.07. The Morgan fingerprint density at radius 2 is 1.94 bits per heavy atom. The van der Waals surface area contributed by atoms with E-state index in [9.17, 15) is 9.59 Å². The summed E-state index contributed by atoms with van der Waals surface area (Å²) in [7, 11) is 0. The molecule has 0 bridgehead atoms. The zero-order chi connectivity index (χ0) is 13.4. The van der Waals surface area contributed by atoms with Crippen LogP contribution in [0.5, 0.6) is 0 Å². The zero-order valence-electron chi connectivity index (χ0n) is 9.13. The van der Waals surface area contributed by atoms with E-state index in [1.165, 1.54) is 6.92 Å². The zero-order valence-corrected chi connectivity index (χ0v) is 12.8. The van der Waals surface area contributed by atoms with Gasteiger partial charge in [0.1, 0.15) is 5.15 Å². The third kappa shape index (κ3) is 2.34. The quantitative estimate of drug-likeness (QED) is 0.595. The fraction of sp³-hybridized carbons (Fsp3) is 0.0909. The van der Waals surface area contributed by atoms with E-state index < -0.39 is 11.2 Å². The second-order valence-electron chi connectivity index (χ2n) is 3.61. The van der Waals surface area contributed by atoms with Crippen LogP contribution in [0.15, 0.2) is 27.8 Å². The molecule has 0 saturated heterocycles. The smallest absolute Gasteiger partial charge is 0.297 e. The number of H-pyrrole nitrogens is 1. The summed E-state index contributed by atoms with van der Waals surface area (Å²) in [5.74, 6) is 0. The summed E-state index contributed by atoms with van der Waals surface area (Å²) >= 11 is 13.9. The van der Waals surface area contributed by atoms with Crippen LogP contribution in [0.4, 0.5) is 0 Å². The van der Waals surface area contributed by atoms with Gasteiger partial charge in [-0.25, -0.2) is 9.36 Å². The molecule has 7 heteroatoms. The maximum Gasteiger partial charge on any atom is 0.334 e. The second-order valence-corrected chi connectivity index (χ2v) is 5.64. The van der Waals surface area contributed by atoms with Crippen molar-refractivity contribution < 1.29 is 0 Å². The number of aromatic nitrogens is 2. The lowest BCUT2D eigenvalue weighted by molar-refractivity contribution is 0.860. The van der Waals surface area contributed by atoms with E-state index in [-0.39, 0.29) is 10.7 Å². The van der Waals surface area contributed by atoms with E-state index in [1.807, 2.05) is 0 Å². The number of nitrogens with zero attached hydrogens (tertiary/aromatic N) is 1. The van der Waals surface area contributed by atoms with E-state index in [4.69, 9.17) is 23.2 Å². The van der Waals surface area contributed by atoms with Gasteiger partial charge >= 0.3 is 5.69 Å². The fourth-order valence-corrected chi connectivity index (χ4v) is 2.58. The van der Waals surface area contributed by atoms with E-state index in [2.05, 4.69) is 27.6 Å². The van der Waals surface area contributed by atoms with Crippen LogP contribution in [0, 0.1) is 10.5 Å². The van der Waals surface area contributed by atoms with Gasteiger partial charge in [0.15, 0.2) is 0 Å². The Hall–Kier alpha value is -0.790. The number of halogens is 3. The van der Waals surface area contributed by atoms with Crippen molar-refractivity contribution in [1.29, 1.82) is 0 Å². The minimum Gasteiger partial charge on any atom is -0.297 e. The molecule has 0 aliphatic rings. The average molecular weight is 397 g/mol. The maximum absolute atomic E-state index is 12.0. The minimum atomic E-state index is -0.612. The Labute approximate surface area is 126 Å². The summed E-state index contributed by atoms with van der Waals surface area (Å²) in [5.41, 5.74) is -0.487. The molecule has 4 nitrogen and oxygen atoms in total. The monoisotopic (exact) mass is 396 g/mol. The first-order chi connectivity index (χ1) is 8.41. The molecular formula is C11H7Cl2IN2O2. The van der Waals surface area contributed by atoms with Crippen LogP contribution in [-0.2, 0) is 0 Å². The standard InChI is InChI=1S/C11H7Cl2IN2O2/c1-5-9(13)15-11(18)16(10(5)17)8-3-2-6(14)4-7(8)12/h2-4H,1H3,(H,15,18). The fourth-order valence-electron chi connectivity index (χ4n) is 1.48. The Bertz CT molecular complexity index is 737. The number of rotatable bonds is 1. The van der Waals surface area contributed by atoms with Crippen molar-refractivity contribution in [3.05, 3.63) is 58.3 Å². The van der Waals surface area contributed by atoms with Gasteiger partial charge in [-0.15, -0.1) is 0 Å². The molecule has 1 aromatic carbocycles. The van der Waals surface area contributed by atoms with Crippen molar-refractivity contribution >= 4 is 45.8 Å². The molecule has 1 aromatic heterocycles. The van der Waals surface area contributed by atoms with Gasteiger partial charge in [-0.2, -0.15) is 0 Å². The molecule has 0 atom stereocenters. The predicted molar refractivity (Wildman–Crippen MR) is 80.1 cm³/mol. The summed E-state index contributed by atoms with van der Waals surface area (Å²) < 4.78 is 1.89. The van der Waals surface area contributed by atoms with Crippen LogP contribution < -0.4 is 11.2 Å².